The zero-order valence-corrected chi connectivity index (χ0v) is 17.9. The maximum absolute atomic E-state index is 11.6. The minimum Gasteiger partial charge on any atom is -0.388 e. The SMILES string of the molecule is CC(C)(C(F)F)C(F)F.CC(C)=O.CCCC.COC.CS(C)(=O)=O. The van der Waals surface area contributed by atoms with Crippen LogP contribution in [0.15, 0.2) is 0 Å². The first-order chi connectivity index (χ1) is 10.9. The number of hydrogen-bond acceptors (Lipinski definition) is 4. The molecule has 0 aliphatic rings. The number of Topliss-reactive ketones (excluding diaryl/α,β-unsaturated/α-hetero) is 1. The summed E-state index contributed by atoms with van der Waals surface area (Å²) in [6, 6.07) is 0. The second-order valence-electron chi connectivity index (χ2n) is 5.88. The topological polar surface area (TPSA) is 60.4 Å². The van der Waals surface area contributed by atoms with Crippen LogP contribution >= 0.6 is 0 Å². The lowest BCUT2D eigenvalue weighted by molar-refractivity contribution is -0.115. The zero-order chi connectivity index (χ0) is 21.9. The summed E-state index contributed by atoms with van der Waals surface area (Å²) in [5, 5.41) is 0. The third-order valence-corrected chi connectivity index (χ3v) is 1.62. The van der Waals surface area contributed by atoms with Crippen molar-refractivity contribution in [2.75, 3.05) is 26.7 Å². The Morgan fingerprint density at radius 2 is 1.04 bits per heavy atom. The number of unbranched alkanes of at least 4 members (excludes halogenated alkanes) is 1. The number of alkyl halides is 4. The first-order valence-corrected chi connectivity index (χ1v) is 9.83. The average Bonchev–Trinajstić information content (AvgIpc) is 2.37. The van der Waals surface area contributed by atoms with E-state index in [0.717, 1.165) is 26.4 Å². The Balaban J connectivity index is -0.0000000718. The maximum atomic E-state index is 11.6. The number of sulfone groups is 1. The van der Waals surface area contributed by atoms with Crippen LogP contribution in [0.5, 0.6) is 0 Å². The molecular weight excluding hydrogens is 364 g/mol. The molecule has 9 heteroatoms. The number of carbonyl (C=O) groups excluding carboxylic acids is 1. The van der Waals surface area contributed by atoms with Crippen molar-refractivity contribution in [3.8, 4) is 0 Å². The monoisotopic (exact) mass is 400 g/mol. The lowest BCUT2D eigenvalue weighted by atomic mass is 9.95. The van der Waals surface area contributed by atoms with Crippen molar-refractivity contribution in [3.05, 3.63) is 0 Å². The van der Waals surface area contributed by atoms with Crippen LogP contribution in [0.25, 0.3) is 0 Å². The number of hydrogen-bond donors (Lipinski definition) is 0. The Morgan fingerprint density at radius 1 is 0.920 bits per heavy atom. The number of methoxy groups -OCH3 is 1. The minimum absolute atomic E-state index is 0.167. The molecule has 158 valence electrons. The molecule has 25 heavy (non-hydrogen) atoms. The van der Waals surface area contributed by atoms with Gasteiger partial charge in [-0.25, -0.2) is 26.0 Å². The number of ketones is 1. The fraction of sp³-hybridized carbons (Fsp3) is 0.938. The summed E-state index contributed by atoms with van der Waals surface area (Å²) in [6.07, 6.45) is -0.963. The zero-order valence-electron chi connectivity index (χ0n) is 17.1. The van der Waals surface area contributed by atoms with Crippen LogP contribution in [0.4, 0.5) is 17.6 Å². The quantitative estimate of drug-likeness (QED) is 0.634. The Morgan fingerprint density at radius 3 is 1.04 bits per heavy atom. The molecule has 0 amide bonds. The van der Waals surface area contributed by atoms with Crippen molar-refractivity contribution >= 4 is 15.6 Å². The smallest absolute Gasteiger partial charge is 0.249 e. The number of ether oxygens (including phenoxy) is 1. The summed E-state index contributed by atoms with van der Waals surface area (Å²) >= 11 is 0. The van der Waals surface area contributed by atoms with Gasteiger partial charge in [0.1, 0.15) is 15.6 Å². The van der Waals surface area contributed by atoms with E-state index in [1.54, 1.807) is 14.2 Å². The second-order valence-corrected chi connectivity index (χ2v) is 8.17. The largest absolute Gasteiger partial charge is 0.388 e. The van der Waals surface area contributed by atoms with Crippen LogP contribution in [-0.4, -0.2) is 53.8 Å². The van der Waals surface area contributed by atoms with Crippen molar-refractivity contribution in [1.29, 1.82) is 0 Å². The number of rotatable bonds is 3. The summed E-state index contributed by atoms with van der Waals surface area (Å²) in [4.78, 5) is 9.44. The van der Waals surface area contributed by atoms with Crippen LogP contribution in [0.1, 0.15) is 54.4 Å². The Hall–Kier alpha value is -0.700. The predicted octanol–water partition coefficient (Wildman–Crippen LogP) is 4.87. The molecule has 0 unspecified atom stereocenters. The molecule has 0 spiro atoms. The first kappa shape index (κ1) is 35.4. The van der Waals surface area contributed by atoms with Gasteiger partial charge >= 0.3 is 0 Å². The van der Waals surface area contributed by atoms with Crippen LogP contribution in [-0.2, 0) is 19.4 Å². The Labute approximate surface area is 151 Å². The molecule has 0 fully saturated rings. The normalized spacial score (nSPS) is 10.1. The third kappa shape index (κ3) is 69.9. The van der Waals surface area contributed by atoms with Gasteiger partial charge < -0.3 is 9.53 Å². The molecule has 0 radical (unpaired) electrons. The van der Waals surface area contributed by atoms with Gasteiger partial charge in [0, 0.05) is 26.7 Å². The molecule has 0 rings (SSSR count). The van der Waals surface area contributed by atoms with E-state index in [-0.39, 0.29) is 5.78 Å². The Kier molecular flexibility index (Phi) is 30.2. The second kappa shape index (κ2) is 21.3. The highest BCUT2D eigenvalue weighted by molar-refractivity contribution is 7.89. The summed E-state index contributed by atoms with van der Waals surface area (Å²) in [5.74, 6) is 0.167. The van der Waals surface area contributed by atoms with Crippen molar-refractivity contribution in [2.24, 2.45) is 5.41 Å². The first-order valence-electron chi connectivity index (χ1n) is 7.53. The van der Waals surface area contributed by atoms with Gasteiger partial charge in [-0.3, -0.25) is 0 Å². The molecule has 4 nitrogen and oxygen atoms in total. The average molecular weight is 401 g/mol. The molecule has 0 aromatic heterocycles. The van der Waals surface area contributed by atoms with Crippen molar-refractivity contribution in [2.45, 2.75) is 67.2 Å². The summed E-state index contributed by atoms with van der Waals surface area (Å²) < 4.78 is 69.8. The van der Waals surface area contributed by atoms with E-state index in [9.17, 15) is 30.8 Å². The van der Waals surface area contributed by atoms with Gasteiger partial charge in [0.25, 0.3) is 0 Å². The molecule has 0 aliphatic carbocycles. The van der Waals surface area contributed by atoms with Crippen molar-refractivity contribution in [1.82, 2.24) is 0 Å². The number of halogens is 4. The lowest BCUT2D eigenvalue weighted by Gasteiger charge is -2.21. The van der Waals surface area contributed by atoms with E-state index in [1.165, 1.54) is 26.7 Å². The molecular formula is C16H36F4O4S. The molecule has 0 heterocycles. The van der Waals surface area contributed by atoms with E-state index in [1.807, 2.05) is 0 Å². The third-order valence-electron chi connectivity index (χ3n) is 1.62. The van der Waals surface area contributed by atoms with Gasteiger partial charge in [-0.15, -0.1) is 0 Å². The molecule has 0 saturated carbocycles. The molecule has 0 atom stereocenters. The molecule has 0 aliphatic heterocycles. The highest BCUT2D eigenvalue weighted by atomic mass is 32.2. The summed E-state index contributed by atoms with van der Waals surface area (Å²) in [7, 11) is 0.583. The number of carbonyl (C=O) groups is 1. The van der Waals surface area contributed by atoms with Gasteiger partial charge in [-0.05, 0) is 27.7 Å². The van der Waals surface area contributed by atoms with E-state index >= 15 is 0 Å². The van der Waals surface area contributed by atoms with Crippen LogP contribution < -0.4 is 0 Å². The maximum Gasteiger partial charge on any atom is 0.249 e. The van der Waals surface area contributed by atoms with E-state index in [2.05, 4.69) is 18.6 Å². The van der Waals surface area contributed by atoms with E-state index < -0.39 is 28.1 Å². The molecule has 0 aromatic carbocycles. The van der Waals surface area contributed by atoms with Crippen LogP contribution in [0.2, 0.25) is 0 Å². The highest BCUT2D eigenvalue weighted by Gasteiger charge is 2.38. The van der Waals surface area contributed by atoms with Gasteiger partial charge in [-0.1, -0.05) is 26.7 Å². The summed E-state index contributed by atoms with van der Waals surface area (Å²) in [6.45, 7) is 9.09. The lowest BCUT2D eigenvalue weighted by Crippen LogP contribution is -2.29. The van der Waals surface area contributed by atoms with E-state index in [4.69, 9.17) is 0 Å². The minimum atomic E-state index is -2.96. The molecule has 0 saturated heterocycles. The van der Waals surface area contributed by atoms with Gasteiger partial charge in [0.2, 0.25) is 12.9 Å². The van der Waals surface area contributed by atoms with Gasteiger partial charge in [0.05, 0.1) is 5.41 Å². The molecule has 0 aromatic rings. The van der Waals surface area contributed by atoms with Crippen LogP contribution in [0, 0.1) is 5.41 Å². The predicted molar refractivity (Wildman–Crippen MR) is 96.4 cm³/mol. The fourth-order valence-electron chi connectivity index (χ4n) is 0.0952. The van der Waals surface area contributed by atoms with Crippen LogP contribution in [0.3, 0.4) is 0 Å². The van der Waals surface area contributed by atoms with Crippen molar-refractivity contribution in [3.63, 3.8) is 0 Å². The van der Waals surface area contributed by atoms with Gasteiger partial charge in [0.15, 0.2) is 0 Å². The van der Waals surface area contributed by atoms with Gasteiger partial charge in [-0.2, -0.15) is 0 Å². The molecule has 0 bridgehead atoms. The fourth-order valence-corrected chi connectivity index (χ4v) is 0.0952. The molecule has 0 N–H and O–H groups in total. The Bertz CT molecular complexity index is 346. The standard InChI is InChI=1S/C5H8F4.C4H10.C3H6O.C2H6O2S.C2H6O/c1-5(2,3(6)7)4(8)9;1-3-4-2;1-3(2)4;1-5(2,3)4;1-3-2/h3-4H,1-2H3;3-4H2,1-2H3;1-2H3;1-2H3;1-2H3. The van der Waals surface area contributed by atoms with E-state index in [0.29, 0.717) is 0 Å². The van der Waals surface area contributed by atoms with Crippen molar-refractivity contribution < 1.29 is 35.5 Å². The highest BCUT2D eigenvalue weighted by Crippen LogP contribution is 2.31. The summed E-state index contributed by atoms with van der Waals surface area (Å²) in [5.41, 5.74) is -2.17.